The van der Waals surface area contributed by atoms with Crippen LogP contribution in [0.5, 0.6) is 0 Å². The Morgan fingerprint density at radius 1 is 0.250 bits per heavy atom. The molecule has 0 radical (unpaired) electrons. The Balaban J connectivity index is 3.14. The van der Waals surface area contributed by atoms with Crippen LogP contribution in [0.15, 0.2) is 24.3 Å². The summed E-state index contributed by atoms with van der Waals surface area (Å²) in [6.45, 7) is 4.60. The highest BCUT2D eigenvalue weighted by atomic mass is 14.0. The van der Waals surface area contributed by atoms with Crippen molar-refractivity contribution in [1.82, 2.24) is 0 Å². The SMILES string of the molecule is CCCCCCCCCCCCCCCC=CC=CCCCCCCCCCCCCCCCCC. The van der Waals surface area contributed by atoms with Gasteiger partial charge in [-0.15, -0.1) is 0 Å². The van der Waals surface area contributed by atoms with Crippen LogP contribution in [0, 0.1) is 0 Å². The summed E-state index contributed by atoms with van der Waals surface area (Å²) >= 11 is 0. The maximum atomic E-state index is 2.38. The van der Waals surface area contributed by atoms with Gasteiger partial charge in [-0.2, -0.15) is 0 Å². The van der Waals surface area contributed by atoms with E-state index in [1.54, 1.807) is 0 Å². The van der Waals surface area contributed by atoms with Crippen LogP contribution in [-0.4, -0.2) is 0 Å². The first kappa shape index (κ1) is 35.5. The van der Waals surface area contributed by atoms with Gasteiger partial charge in [0, 0.05) is 0 Å². The second-order valence-corrected chi connectivity index (χ2v) is 11.6. The summed E-state index contributed by atoms with van der Waals surface area (Å²) in [5.74, 6) is 0. The van der Waals surface area contributed by atoms with E-state index in [0.29, 0.717) is 0 Å². The van der Waals surface area contributed by atoms with Crippen molar-refractivity contribution in [3.63, 3.8) is 0 Å². The van der Waals surface area contributed by atoms with Gasteiger partial charge in [0.1, 0.15) is 0 Å². The molecule has 0 nitrogen and oxygen atoms in total. The summed E-state index contributed by atoms with van der Waals surface area (Å²) in [5.41, 5.74) is 0. The fourth-order valence-electron chi connectivity index (χ4n) is 5.26. The normalized spacial score (nSPS) is 11.9. The predicted molar refractivity (Wildman–Crippen MR) is 168 cm³/mol. The van der Waals surface area contributed by atoms with Gasteiger partial charge in [-0.05, 0) is 25.7 Å². The summed E-state index contributed by atoms with van der Waals surface area (Å²) in [7, 11) is 0. The molecule has 0 atom stereocenters. The van der Waals surface area contributed by atoms with Crippen molar-refractivity contribution in [3.8, 4) is 0 Å². The zero-order valence-corrected chi connectivity index (χ0v) is 25.5. The van der Waals surface area contributed by atoms with E-state index in [0.717, 1.165) is 0 Å². The lowest BCUT2D eigenvalue weighted by Crippen LogP contribution is -1.83. The third-order valence-electron chi connectivity index (χ3n) is 7.83. The smallest absolute Gasteiger partial charge is 0.0348 e. The first-order valence-corrected chi connectivity index (χ1v) is 17.2. The molecule has 0 bridgehead atoms. The lowest BCUT2D eigenvalue weighted by molar-refractivity contribution is 0.533. The first-order valence-electron chi connectivity index (χ1n) is 17.2. The van der Waals surface area contributed by atoms with Gasteiger partial charge in [0.25, 0.3) is 0 Å². The topological polar surface area (TPSA) is 0 Å². The Kier molecular flexibility index (Phi) is 34.0. The summed E-state index contributed by atoms with van der Waals surface area (Å²) in [4.78, 5) is 0. The molecule has 0 saturated heterocycles. The quantitative estimate of drug-likeness (QED) is 0.0653. The van der Waals surface area contributed by atoms with E-state index in [1.165, 1.54) is 193 Å². The molecule has 0 aromatic rings. The molecule has 0 amide bonds. The molecule has 214 valence electrons. The molecule has 0 saturated carbocycles. The van der Waals surface area contributed by atoms with Gasteiger partial charge in [-0.1, -0.05) is 205 Å². The fourth-order valence-corrected chi connectivity index (χ4v) is 5.26. The largest absolute Gasteiger partial charge is 0.0845 e. The summed E-state index contributed by atoms with van der Waals surface area (Å²) in [6, 6.07) is 0. The monoisotopic (exact) mass is 503 g/mol. The van der Waals surface area contributed by atoms with Gasteiger partial charge >= 0.3 is 0 Å². The van der Waals surface area contributed by atoms with E-state index < -0.39 is 0 Å². The highest BCUT2D eigenvalue weighted by Crippen LogP contribution is 2.15. The standard InChI is InChI=1S/C36H70/c1-3-5-7-9-11-13-15-17-19-21-23-25-27-29-31-33-35-36-34-32-30-28-26-24-22-20-18-16-14-12-10-8-6-4-2/h31,33,35-36H,3-30,32,34H2,1-2H3. The minimum atomic E-state index is 1.26. The third kappa shape index (κ3) is 33.5. The third-order valence-corrected chi connectivity index (χ3v) is 7.83. The van der Waals surface area contributed by atoms with Crippen molar-refractivity contribution < 1.29 is 0 Å². The Morgan fingerprint density at radius 2 is 0.444 bits per heavy atom. The first-order chi connectivity index (χ1) is 17.9. The molecule has 0 heteroatoms. The van der Waals surface area contributed by atoms with Gasteiger partial charge in [-0.25, -0.2) is 0 Å². The van der Waals surface area contributed by atoms with Crippen LogP contribution in [0.3, 0.4) is 0 Å². The molecule has 0 rings (SSSR count). The molecule has 0 heterocycles. The van der Waals surface area contributed by atoms with Crippen molar-refractivity contribution in [1.29, 1.82) is 0 Å². The Labute approximate surface area is 230 Å². The summed E-state index contributed by atoms with van der Waals surface area (Å²) < 4.78 is 0. The second kappa shape index (κ2) is 34.5. The lowest BCUT2D eigenvalue weighted by Gasteiger charge is -2.03. The van der Waals surface area contributed by atoms with Crippen LogP contribution in [-0.2, 0) is 0 Å². The lowest BCUT2D eigenvalue weighted by atomic mass is 10.0. The molecule has 0 fully saturated rings. The van der Waals surface area contributed by atoms with Crippen molar-refractivity contribution in [2.45, 2.75) is 206 Å². The molecule has 36 heavy (non-hydrogen) atoms. The van der Waals surface area contributed by atoms with Gasteiger partial charge in [0.2, 0.25) is 0 Å². The van der Waals surface area contributed by atoms with Gasteiger partial charge in [0.05, 0.1) is 0 Å². The second-order valence-electron chi connectivity index (χ2n) is 11.6. The zero-order valence-electron chi connectivity index (χ0n) is 25.5. The molecule has 0 aromatic heterocycles. The number of hydrogen-bond acceptors (Lipinski definition) is 0. The number of hydrogen-bond donors (Lipinski definition) is 0. The highest BCUT2D eigenvalue weighted by Gasteiger charge is 1.95. The van der Waals surface area contributed by atoms with E-state index in [9.17, 15) is 0 Å². The van der Waals surface area contributed by atoms with Gasteiger partial charge in [-0.3, -0.25) is 0 Å². The summed E-state index contributed by atoms with van der Waals surface area (Å²) in [6.07, 6.45) is 52.4. The molecule has 0 aliphatic heterocycles. The van der Waals surface area contributed by atoms with Crippen molar-refractivity contribution in [2.24, 2.45) is 0 Å². The van der Waals surface area contributed by atoms with Crippen LogP contribution in [0.25, 0.3) is 0 Å². The minimum absolute atomic E-state index is 1.26. The van der Waals surface area contributed by atoms with Crippen LogP contribution < -0.4 is 0 Å². The van der Waals surface area contributed by atoms with Crippen molar-refractivity contribution >= 4 is 0 Å². The molecule has 0 spiro atoms. The molecular formula is C36H70. The van der Waals surface area contributed by atoms with Crippen LogP contribution in [0.1, 0.15) is 206 Å². The van der Waals surface area contributed by atoms with Crippen molar-refractivity contribution in [2.75, 3.05) is 0 Å². The molecule has 0 aliphatic carbocycles. The van der Waals surface area contributed by atoms with Crippen LogP contribution >= 0.6 is 0 Å². The summed E-state index contributed by atoms with van der Waals surface area (Å²) in [5, 5.41) is 0. The minimum Gasteiger partial charge on any atom is -0.0845 e. The van der Waals surface area contributed by atoms with Gasteiger partial charge < -0.3 is 0 Å². The average molecular weight is 503 g/mol. The zero-order chi connectivity index (χ0) is 26.0. The Hall–Kier alpha value is -0.520. The number of unbranched alkanes of at least 4 members (excludes halogenated alkanes) is 28. The van der Waals surface area contributed by atoms with E-state index in [4.69, 9.17) is 0 Å². The Morgan fingerprint density at radius 3 is 0.667 bits per heavy atom. The van der Waals surface area contributed by atoms with Crippen LogP contribution in [0.4, 0.5) is 0 Å². The average Bonchev–Trinajstić information content (AvgIpc) is 2.89. The highest BCUT2D eigenvalue weighted by molar-refractivity contribution is 5.02. The maximum absolute atomic E-state index is 2.38. The molecule has 0 unspecified atom stereocenters. The van der Waals surface area contributed by atoms with E-state index in [-0.39, 0.29) is 0 Å². The molecule has 0 N–H and O–H groups in total. The van der Waals surface area contributed by atoms with Crippen molar-refractivity contribution in [3.05, 3.63) is 24.3 Å². The van der Waals surface area contributed by atoms with E-state index in [2.05, 4.69) is 38.2 Å². The number of allylic oxidation sites excluding steroid dienone is 4. The molecule has 0 aromatic carbocycles. The Bertz CT molecular complexity index is 418. The maximum Gasteiger partial charge on any atom is -0.0348 e. The van der Waals surface area contributed by atoms with E-state index in [1.807, 2.05) is 0 Å². The number of rotatable bonds is 31. The van der Waals surface area contributed by atoms with Crippen LogP contribution in [0.2, 0.25) is 0 Å². The molecular weight excluding hydrogens is 432 g/mol. The molecule has 0 aliphatic rings. The van der Waals surface area contributed by atoms with E-state index >= 15 is 0 Å². The predicted octanol–water partition coefficient (Wildman–Crippen LogP) is 13.8. The van der Waals surface area contributed by atoms with Gasteiger partial charge in [0.15, 0.2) is 0 Å². The fraction of sp³-hybridized carbons (Fsp3) is 0.889.